The number of anilines is 2. The molecule has 2 aromatic heterocycles. The molecule has 2 heterocycles. The molecule has 114 valence electrons. The zero-order valence-corrected chi connectivity index (χ0v) is 13.0. The van der Waals surface area contributed by atoms with Crippen molar-refractivity contribution in [2.45, 2.75) is 47.1 Å². The number of hydrogen-bond donors (Lipinski definition) is 1. The SMILES string of the molecule is CCc1ncnc(Nc2cnn(CCC(C)C)c2C)c1F. The Morgan fingerprint density at radius 2 is 2.10 bits per heavy atom. The van der Waals surface area contributed by atoms with Crippen LogP contribution in [0.4, 0.5) is 15.9 Å². The quantitative estimate of drug-likeness (QED) is 0.885. The summed E-state index contributed by atoms with van der Waals surface area (Å²) < 4.78 is 16.1. The Hall–Kier alpha value is -1.98. The van der Waals surface area contributed by atoms with E-state index in [9.17, 15) is 4.39 Å². The Labute approximate surface area is 124 Å². The lowest BCUT2D eigenvalue weighted by molar-refractivity contribution is 0.480. The summed E-state index contributed by atoms with van der Waals surface area (Å²) in [6.45, 7) is 9.05. The number of aryl methyl sites for hydroxylation is 2. The minimum atomic E-state index is -0.394. The Balaban J connectivity index is 2.17. The zero-order chi connectivity index (χ0) is 15.4. The number of aromatic nitrogens is 4. The van der Waals surface area contributed by atoms with E-state index in [2.05, 4.69) is 34.2 Å². The maximum Gasteiger partial charge on any atom is 0.187 e. The maximum atomic E-state index is 14.1. The second-order valence-electron chi connectivity index (χ2n) is 5.51. The second-order valence-corrected chi connectivity index (χ2v) is 5.51. The molecule has 2 rings (SSSR count). The molecule has 1 N–H and O–H groups in total. The van der Waals surface area contributed by atoms with Gasteiger partial charge in [0.1, 0.15) is 6.33 Å². The lowest BCUT2D eigenvalue weighted by atomic mass is 10.1. The van der Waals surface area contributed by atoms with Crippen LogP contribution in [0.5, 0.6) is 0 Å². The first-order chi connectivity index (χ1) is 10.0. The summed E-state index contributed by atoms with van der Waals surface area (Å²) >= 11 is 0. The van der Waals surface area contributed by atoms with Gasteiger partial charge in [0, 0.05) is 6.54 Å². The standard InChI is InChI=1S/C15H22FN5/c1-5-12-14(16)15(18-9-17-12)20-13-8-19-21(11(13)4)7-6-10(2)3/h8-10H,5-7H2,1-4H3,(H,17,18,20). The van der Waals surface area contributed by atoms with Crippen molar-refractivity contribution >= 4 is 11.5 Å². The number of nitrogens with zero attached hydrogens (tertiary/aromatic N) is 4. The zero-order valence-electron chi connectivity index (χ0n) is 13.0. The fraction of sp³-hybridized carbons (Fsp3) is 0.533. The van der Waals surface area contributed by atoms with Crippen LogP contribution in [0.1, 0.15) is 38.6 Å². The summed E-state index contributed by atoms with van der Waals surface area (Å²) in [5.41, 5.74) is 2.17. The highest BCUT2D eigenvalue weighted by atomic mass is 19.1. The predicted octanol–water partition coefficient (Wildman–Crippen LogP) is 3.47. The Kier molecular flexibility index (Phi) is 4.88. The van der Waals surface area contributed by atoms with Gasteiger partial charge in [-0.2, -0.15) is 5.10 Å². The molecule has 0 bridgehead atoms. The molecule has 2 aromatic rings. The molecule has 0 aliphatic rings. The molecule has 0 atom stereocenters. The van der Waals surface area contributed by atoms with Crippen molar-refractivity contribution in [2.24, 2.45) is 5.92 Å². The van der Waals surface area contributed by atoms with E-state index in [0.29, 0.717) is 18.0 Å². The summed E-state index contributed by atoms with van der Waals surface area (Å²) in [6, 6.07) is 0. The summed E-state index contributed by atoms with van der Waals surface area (Å²) in [5.74, 6) is 0.430. The van der Waals surface area contributed by atoms with Gasteiger partial charge in [-0.05, 0) is 25.7 Å². The molecule has 0 radical (unpaired) electrons. The van der Waals surface area contributed by atoms with Crippen molar-refractivity contribution in [3.63, 3.8) is 0 Å². The lowest BCUT2D eigenvalue weighted by Crippen LogP contribution is -2.06. The van der Waals surface area contributed by atoms with Crippen molar-refractivity contribution in [2.75, 3.05) is 5.32 Å². The molecule has 0 aliphatic carbocycles. The average molecular weight is 291 g/mol. The van der Waals surface area contributed by atoms with E-state index in [1.54, 1.807) is 6.20 Å². The fourth-order valence-electron chi connectivity index (χ4n) is 2.04. The van der Waals surface area contributed by atoms with E-state index in [-0.39, 0.29) is 5.82 Å². The van der Waals surface area contributed by atoms with E-state index >= 15 is 0 Å². The van der Waals surface area contributed by atoms with E-state index in [1.807, 2.05) is 18.5 Å². The summed E-state index contributed by atoms with van der Waals surface area (Å²) in [4.78, 5) is 7.90. The van der Waals surface area contributed by atoms with Gasteiger partial charge in [-0.3, -0.25) is 4.68 Å². The summed E-state index contributed by atoms with van der Waals surface area (Å²) in [5, 5.41) is 7.36. The molecule has 0 aliphatic heterocycles. The van der Waals surface area contributed by atoms with Crippen LogP contribution < -0.4 is 5.32 Å². The monoisotopic (exact) mass is 291 g/mol. The molecule has 0 spiro atoms. The molecule has 5 nitrogen and oxygen atoms in total. The molecule has 0 unspecified atom stereocenters. The first-order valence-electron chi connectivity index (χ1n) is 7.31. The van der Waals surface area contributed by atoms with Crippen molar-refractivity contribution in [1.29, 1.82) is 0 Å². The molecular weight excluding hydrogens is 269 g/mol. The van der Waals surface area contributed by atoms with Crippen molar-refractivity contribution in [1.82, 2.24) is 19.7 Å². The van der Waals surface area contributed by atoms with Crippen molar-refractivity contribution < 1.29 is 4.39 Å². The maximum absolute atomic E-state index is 14.1. The summed E-state index contributed by atoms with van der Waals surface area (Å²) in [7, 11) is 0. The van der Waals surface area contributed by atoms with Gasteiger partial charge in [0.05, 0.1) is 23.3 Å². The minimum absolute atomic E-state index is 0.202. The van der Waals surface area contributed by atoms with Gasteiger partial charge in [-0.25, -0.2) is 14.4 Å². The largest absolute Gasteiger partial charge is 0.335 e. The van der Waals surface area contributed by atoms with Crippen LogP contribution in [0, 0.1) is 18.7 Å². The van der Waals surface area contributed by atoms with Gasteiger partial charge >= 0.3 is 0 Å². The minimum Gasteiger partial charge on any atom is -0.335 e. The van der Waals surface area contributed by atoms with Crippen LogP contribution in [-0.2, 0) is 13.0 Å². The summed E-state index contributed by atoms with van der Waals surface area (Å²) in [6.07, 6.45) is 4.69. The van der Waals surface area contributed by atoms with Gasteiger partial charge in [0.2, 0.25) is 0 Å². The van der Waals surface area contributed by atoms with Crippen LogP contribution in [0.15, 0.2) is 12.5 Å². The normalized spacial score (nSPS) is 11.1. The van der Waals surface area contributed by atoms with Crippen molar-refractivity contribution in [3.8, 4) is 0 Å². The smallest absolute Gasteiger partial charge is 0.187 e. The van der Waals surface area contributed by atoms with E-state index in [0.717, 1.165) is 24.3 Å². The van der Waals surface area contributed by atoms with Crippen LogP contribution in [0.2, 0.25) is 0 Å². The Morgan fingerprint density at radius 3 is 2.76 bits per heavy atom. The van der Waals surface area contributed by atoms with Crippen LogP contribution >= 0.6 is 0 Å². The molecule has 21 heavy (non-hydrogen) atoms. The van der Waals surface area contributed by atoms with Gasteiger partial charge in [0.15, 0.2) is 11.6 Å². The third-order valence-corrected chi connectivity index (χ3v) is 3.47. The fourth-order valence-corrected chi connectivity index (χ4v) is 2.04. The highest BCUT2D eigenvalue weighted by molar-refractivity contribution is 5.58. The van der Waals surface area contributed by atoms with E-state index < -0.39 is 5.82 Å². The first kappa shape index (κ1) is 15.4. The van der Waals surface area contributed by atoms with Crippen LogP contribution in [-0.4, -0.2) is 19.7 Å². The Bertz CT molecular complexity index is 606. The molecule has 6 heteroatoms. The molecule has 0 saturated heterocycles. The molecule has 0 amide bonds. The van der Waals surface area contributed by atoms with Crippen LogP contribution in [0.25, 0.3) is 0 Å². The highest BCUT2D eigenvalue weighted by Crippen LogP contribution is 2.22. The second kappa shape index (κ2) is 6.65. The molecule has 0 saturated carbocycles. The number of hydrogen-bond acceptors (Lipinski definition) is 4. The van der Waals surface area contributed by atoms with E-state index in [1.165, 1.54) is 6.33 Å². The number of halogens is 1. The van der Waals surface area contributed by atoms with Gasteiger partial charge in [-0.15, -0.1) is 0 Å². The topological polar surface area (TPSA) is 55.6 Å². The van der Waals surface area contributed by atoms with Gasteiger partial charge < -0.3 is 5.32 Å². The van der Waals surface area contributed by atoms with Crippen LogP contribution in [0.3, 0.4) is 0 Å². The third kappa shape index (κ3) is 3.56. The molecule has 0 fully saturated rings. The Morgan fingerprint density at radius 1 is 1.33 bits per heavy atom. The van der Waals surface area contributed by atoms with Crippen molar-refractivity contribution in [3.05, 3.63) is 29.7 Å². The predicted molar refractivity (Wildman–Crippen MR) is 81.1 cm³/mol. The number of nitrogens with one attached hydrogen (secondary N) is 1. The third-order valence-electron chi connectivity index (χ3n) is 3.47. The highest BCUT2D eigenvalue weighted by Gasteiger charge is 2.13. The number of rotatable bonds is 6. The average Bonchev–Trinajstić information content (AvgIpc) is 2.80. The first-order valence-corrected chi connectivity index (χ1v) is 7.31. The van der Waals surface area contributed by atoms with Gasteiger partial charge in [-0.1, -0.05) is 20.8 Å². The van der Waals surface area contributed by atoms with E-state index in [4.69, 9.17) is 0 Å². The molecule has 0 aromatic carbocycles. The molecular formula is C15H22FN5. The lowest BCUT2D eigenvalue weighted by Gasteiger charge is -2.09. The van der Waals surface area contributed by atoms with Gasteiger partial charge in [0.25, 0.3) is 0 Å².